The summed E-state index contributed by atoms with van der Waals surface area (Å²) in [5.41, 5.74) is 11.7. The first-order chi connectivity index (χ1) is 12.4. The highest BCUT2D eigenvalue weighted by atomic mass is 35.5. The van der Waals surface area contributed by atoms with Gasteiger partial charge in [0.2, 0.25) is 11.8 Å². The Morgan fingerprint density at radius 1 is 1.12 bits per heavy atom. The van der Waals surface area contributed by atoms with Crippen LogP contribution < -0.4 is 16.5 Å². The molecule has 0 heterocycles. The number of carbonyl (C=O) groups is 2. The third-order valence-electron chi connectivity index (χ3n) is 3.77. The van der Waals surface area contributed by atoms with Crippen LogP contribution in [0.2, 0.25) is 5.02 Å². The van der Waals surface area contributed by atoms with E-state index in [0.29, 0.717) is 22.1 Å². The fourth-order valence-corrected chi connectivity index (χ4v) is 2.39. The highest BCUT2D eigenvalue weighted by Crippen LogP contribution is 2.23. The Morgan fingerprint density at radius 2 is 1.81 bits per heavy atom. The lowest BCUT2D eigenvalue weighted by molar-refractivity contribution is -0.124. The molecular weight excluding hydrogens is 352 g/mol. The van der Waals surface area contributed by atoms with Crippen molar-refractivity contribution in [2.24, 2.45) is 5.10 Å². The Kier molecular flexibility index (Phi) is 6.74. The zero-order chi connectivity index (χ0) is 19.1. The molecule has 0 aliphatic heterocycles. The number of nitrogens with two attached hydrogens (primary N) is 1. The molecule has 0 saturated heterocycles. The zero-order valence-electron chi connectivity index (χ0n) is 14.7. The van der Waals surface area contributed by atoms with E-state index in [9.17, 15) is 9.59 Å². The van der Waals surface area contributed by atoms with E-state index in [2.05, 4.69) is 15.8 Å². The van der Waals surface area contributed by atoms with Crippen LogP contribution in [0.15, 0.2) is 47.6 Å². The number of anilines is 2. The maximum atomic E-state index is 12.0. The van der Waals surface area contributed by atoms with Crippen LogP contribution in [0.25, 0.3) is 0 Å². The third kappa shape index (κ3) is 5.60. The first kappa shape index (κ1) is 19.5. The van der Waals surface area contributed by atoms with E-state index in [1.165, 1.54) is 0 Å². The van der Waals surface area contributed by atoms with E-state index in [1.54, 1.807) is 37.3 Å². The summed E-state index contributed by atoms with van der Waals surface area (Å²) in [4.78, 5) is 23.9. The minimum atomic E-state index is -0.341. The van der Waals surface area contributed by atoms with Crippen molar-refractivity contribution in [3.63, 3.8) is 0 Å². The Hall–Kier alpha value is -2.86. The second-order valence-corrected chi connectivity index (χ2v) is 6.23. The number of nitrogens with zero attached hydrogens (tertiary/aromatic N) is 1. The summed E-state index contributed by atoms with van der Waals surface area (Å²) in [6.45, 7) is 3.59. The summed E-state index contributed by atoms with van der Waals surface area (Å²) in [6.07, 6.45) is 0.0732. The van der Waals surface area contributed by atoms with E-state index in [0.717, 1.165) is 11.1 Å². The number of benzene rings is 2. The number of nitrogen functional groups attached to an aromatic ring is 1. The molecule has 0 aliphatic rings. The van der Waals surface area contributed by atoms with Gasteiger partial charge in [0.1, 0.15) is 0 Å². The van der Waals surface area contributed by atoms with Crippen molar-refractivity contribution in [1.82, 2.24) is 5.43 Å². The van der Waals surface area contributed by atoms with Crippen molar-refractivity contribution in [2.75, 3.05) is 11.1 Å². The molecule has 0 bridgehead atoms. The standard InChI is InChI=1S/C19H21ClN4O2/c1-12-16(20)7-4-8-17(12)22-18(25)9-10-19(26)24-23-13(2)14-5-3-6-15(21)11-14/h3-8,11H,9-10,21H2,1-2H3,(H,22,25)(H,24,26)/b23-13-. The van der Waals surface area contributed by atoms with Crippen LogP contribution in [-0.4, -0.2) is 17.5 Å². The molecule has 0 atom stereocenters. The molecule has 0 aromatic heterocycles. The van der Waals surface area contributed by atoms with Gasteiger partial charge in [0.25, 0.3) is 0 Å². The van der Waals surface area contributed by atoms with Crippen molar-refractivity contribution < 1.29 is 9.59 Å². The van der Waals surface area contributed by atoms with Crippen molar-refractivity contribution in [1.29, 1.82) is 0 Å². The molecule has 7 heteroatoms. The molecule has 0 fully saturated rings. The lowest BCUT2D eigenvalue weighted by Crippen LogP contribution is -2.22. The highest BCUT2D eigenvalue weighted by molar-refractivity contribution is 6.31. The zero-order valence-corrected chi connectivity index (χ0v) is 15.4. The maximum Gasteiger partial charge on any atom is 0.240 e. The van der Waals surface area contributed by atoms with Gasteiger partial charge in [-0.25, -0.2) is 5.43 Å². The predicted molar refractivity (Wildman–Crippen MR) is 105 cm³/mol. The molecule has 0 spiro atoms. The topological polar surface area (TPSA) is 96.6 Å². The number of halogens is 1. The van der Waals surface area contributed by atoms with Gasteiger partial charge in [0.05, 0.1) is 5.71 Å². The summed E-state index contributed by atoms with van der Waals surface area (Å²) in [5, 5.41) is 7.36. The van der Waals surface area contributed by atoms with Crippen molar-refractivity contribution in [3.05, 3.63) is 58.6 Å². The summed E-state index contributed by atoms with van der Waals surface area (Å²) < 4.78 is 0. The second kappa shape index (κ2) is 9.01. The average Bonchev–Trinajstić information content (AvgIpc) is 2.61. The fraction of sp³-hybridized carbons (Fsp3) is 0.211. The molecule has 2 rings (SSSR count). The van der Waals surface area contributed by atoms with E-state index in [-0.39, 0.29) is 24.7 Å². The molecule has 26 heavy (non-hydrogen) atoms. The smallest absolute Gasteiger partial charge is 0.240 e. The van der Waals surface area contributed by atoms with Crippen LogP contribution in [0.3, 0.4) is 0 Å². The van der Waals surface area contributed by atoms with Gasteiger partial charge in [0.15, 0.2) is 0 Å². The fourth-order valence-electron chi connectivity index (χ4n) is 2.21. The SMILES string of the molecule is C/C(=N/NC(=O)CCC(=O)Nc1cccc(Cl)c1C)c1cccc(N)c1. The minimum Gasteiger partial charge on any atom is -0.399 e. The summed E-state index contributed by atoms with van der Waals surface area (Å²) in [7, 11) is 0. The normalized spacial score (nSPS) is 11.1. The van der Waals surface area contributed by atoms with Crippen LogP contribution >= 0.6 is 11.6 Å². The molecule has 136 valence electrons. The monoisotopic (exact) mass is 372 g/mol. The molecule has 2 aromatic carbocycles. The van der Waals surface area contributed by atoms with Gasteiger partial charge in [-0.1, -0.05) is 29.8 Å². The first-order valence-electron chi connectivity index (χ1n) is 8.11. The molecule has 0 aliphatic carbocycles. The highest BCUT2D eigenvalue weighted by Gasteiger charge is 2.09. The Balaban J connectivity index is 1.83. The molecule has 0 saturated carbocycles. The van der Waals surface area contributed by atoms with E-state index >= 15 is 0 Å². The molecule has 2 amide bonds. The maximum absolute atomic E-state index is 12.0. The van der Waals surface area contributed by atoms with Crippen LogP contribution in [0, 0.1) is 6.92 Å². The van der Waals surface area contributed by atoms with Gasteiger partial charge in [-0.15, -0.1) is 0 Å². The van der Waals surface area contributed by atoms with Crippen LogP contribution in [0.4, 0.5) is 11.4 Å². The van der Waals surface area contributed by atoms with Crippen molar-refractivity contribution in [3.8, 4) is 0 Å². The molecule has 4 N–H and O–H groups in total. The number of rotatable bonds is 6. The minimum absolute atomic E-state index is 0.0269. The average molecular weight is 373 g/mol. The number of hydrogen-bond acceptors (Lipinski definition) is 4. The number of hydrogen-bond donors (Lipinski definition) is 3. The van der Waals surface area contributed by atoms with Crippen molar-refractivity contribution in [2.45, 2.75) is 26.7 Å². The third-order valence-corrected chi connectivity index (χ3v) is 4.18. The molecule has 6 nitrogen and oxygen atoms in total. The number of amides is 2. The lowest BCUT2D eigenvalue weighted by atomic mass is 10.1. The van der Waals surface area contributed by atoms with Crippen LogP contribution in [0.5, 0.6) is 0 Å². The van der Waals surface area contributed by atoms with Gasteiger partial charge in [0, 0.05) is 29.2 Å². The largest absolute Gasteiger partial charge is 0.399 e. The van der Waals surface area contributed by atoms with E-state index in [4.69, 9.17) is 17.3 Å². The quantitative estimate of drug-likeness (QED) is 0.411. The van der Waals surface area contributed by atoms with E-state index < -0.39 is 0 Å². The van der Waals surface area contributed by atoms with E-state index in [1.807, 2.05) is 19.1 Å². The Morgan fingerprint density at radius 3 is 2.54 bits per heavy atom. The molecule has 0 radical (unpaired) electrons. The van der Waals surface area contributed by atoms with Crippen LogP contribution in [0.1, 0.15) is 30.9 Å². The molecule has 0 unspecified atom stereocenters. The summed E-state index contributed by atoms with van der Waals surface area (Å²) in [6, 6.07) is 12.5. The number of nitrogens with one attached hydrogen (secondary N) is 2. The predicted octanol–water partition coefficient (Wildman–Crippen LogP) is 3.49. The van der Waals surface area contributed by atoms with Gasteiger partial charge in [-0.05, 0) is 49.2 Å². The second-order valence-electron chi connectivity index (χ2n) is 5.82. The van der Waals surface area contributed by atoms with Crippen LogP contribution in [-0.2, 0) is 9.59 Å². The van der Waals surface area contributed by atoms with Crippen molar-refractivity contribution >= 4 is 40.5 Å². The van der Waals surface area contributed by atoms with Gasteiger partial charge < -0.3 is 11.1 Å². The van der Waals surface area contributed by atoms with Gasteiger partial charge >= 0.3 is 0 Å². The van der Waals surface area contributed by atoms with Gasteiger partial charge in [-0.2, -0.15) is 5.10 Å². The lowest BCUT2D eigenvalue weighted by Gasteiger charge is -2.09. The number of carbonyl (C=O) groups excluding carboxylic acids is 2. The van der Waals surface area contributed by atoms with Gasteiger partial charge in [-0.3, -0.25) is 9.59 Å². The Labute approximate surface area is 157 Å². The Bertz CT molecular complexity index is 849. The number of hydrazone groups is 1. The molecular formula is C19H21ClN4O2. The summed E-state index contributed by atoms with van der Waals surface area (Å²) in [5.74, 6) is -0.603. The summed E-state index contributed by atoms with van der Waals surface area (Å²) >= 11 is 6.02. The molecule has 2 aromatic rings. The first-order valence-corrected chi connectivity index (χ1v) is 8.48.